The van der Waals surface area contributed by atoms with Gasteiger partial charge in [0.2, 0.25) is 0 Å². The number of nitrogens with one attached hydrogen (secondary N) is 1. The highest BCUT2D eigenvalue weighted by Gasteiger charge is 2.16. The molecule has 0 saturated heterocycles. The number of benzene rings is 1. The molecule has 10 nitrogen and oxygen atoms in total. The zero-order valence-electron chi connectivity index (χ0n) is 13.0. The van der Waals surface area contributed by atoms with E-state index in [0.717, 1.165) is 6.20 Å². The zero-order valence-corrected chi connectivity index (χ0v) is 13.0. The SMILES string of the molecule is O=C(Cc1ccccc1[N+](=O)[O-])OCCNc1ccc([N+](=O)[O-])cn1. The van der Waals surface area contributed by atoms with Crippen LogP contribution < -0.4 is 5.32 Å². The number of anilines is 1. The molecular formula is C15H14N4O6. The molecule has 1 aromatic carbocycles. The quantitative estimate of drug-likeness (QED) is 0.332. The Kier molecular flexibility index (Phi) is 5.93. The number of para-hydroxylation sites is 1. The highest BCUT2D eigenvalue weighted by Crippen LogP contribution is 2.18. The lowest BCUT2D eigenvalue weighted by atomic mass is 10.1. The summed E-state index contributed by atoms with van der Waals surface area (Å²) in [6.45, 7) is 0.269. The van der Waals surface area contributed by atoms with E-state index in [1.807, 2.05) is 0 Å². The summed E-state index contributed by atoms with van der Waals surface area (Å²) in [6, 6.07) is 8.69. The van der Waals surface area contributed by atoms with Crippen molar-refractivity contribution in [2.45, 2.75) is 6.42 Å². The first kappa shape index (κ1) is 17.8. The molecule has 1 heterocycles. The average molecular weight is 346 g/mol. The summed E-state index contributed by atoms with van der Waals surface area (Å²) in [7, 11) is 0. The number of hydrogen-bond donors (Lipinski definition) is 1. The minimum absolute atomic E-state index is 0.0259. The van der Waals surface area contributed by atoms with Crippen molar-refractivity contribution in [1.29, 1.82) is 0 Å². The van der Waals surface area contributed by atoms with Gasteiger partial charge in [-0.3, -0.25) is 25.0 Å². The lowest BCUT2D eigenvalue weighted by molar-refractivity contribution is -0.385. The van der Waals surface area contributed by atoms with Crippen LogP contribution in [-0.2, 0) is 16.0 Å². The van der Waals surface area contributed by atoms with Crippen LogP contribution in [0.1, 0.15) is 5.56 Å². The standard InChI is InChI=1S/C15H14N4O6/c20-15(9-11-3-1-2-4-13(11)19(23)24)25-8-7-16-14-6-5-12(10-17-14)18(21)22/h1-6,10H,7-9H2,(H,16,17). The molecule has 10 heteroatoms. The van der Waals surface area contributed by atoms with Gasteiger partial charge in [-0.15, -0.1) is 0 Å². The first-order valence-corrected chi connectivity index (χ1v) is 7.19. The summed E-state index contributed by atoms with van der Waals surface area (Å²) in [5.74, 6) is -0.187. The van der Waals surface area contributed by atoms with E-state index in [4.69, 9.17) is 4.74 Å². The summed E-state index contributed by atoms with van der Waals surface area (Å²) >= 11 is 0. The van der Waals surface area contributed by atoms with Crippen LogP contribution in [0.2, 0.25) is 0 Å². The molecule has 0 radical (unpaired) electrons. The van der Waals surface area contributed by atoms with Crippen LogP contribution in [0, 0.1) is 20.2 Å². The van der Waals surface area contributed by atoms with Crippen LogP contribution in [-0.4, -0.2) is 34.0 Å². The van der Waals surface area contributed by atoms with Crippen molar-refractivity contribution in [1.82, 2.24) is 4.98 Å². The zero-order chi connectivity index (χ0) is 18.2. The van der Waals surface area contributed by atoms with Crippen LogP contribution in [0.3, 0.4) is 0 Å². The number of nitrogens with zero attached hydrogens (tertiary/aromatic N) is 3. The third-order valence-corrected chi connectivity index (χ3v) is 3.15. The van der Waals surface area contributed by atoms with Gasteiger partial charge in [0.05, 0.1) is 22.8 Å². The van der Waals surface area contributed by atoms with Crippen LogP contribution in [0.15, 0.2) is 42.6 Å². The Bertz CT molecular complexity index is 778. The lowest BCUT2D eigenvalue weighted by Crippen LogP contribution is -2.16. The number of hydrogen-bond acceptors (Lipinski definition) is 8. The molecule has 0 aliphatic heterocycles. The van der Waals surface area contributed by atoms with Crippen molar-refractivity contribution < 1.29 is 19.4 Å². The van der Waals surface area contributed by atoms with Gasteiger partial charge < -0.3 is 10.1 Å². The van der Waals surface area contributed by atoms with Crippen molar-refractivity contribution in [3.8, 4) is 0 Å². The fourth-order valence-corrected chi connectivity index (χ4v) is 1.99. The number of ether oxygens (including phenoxy) is 1. The van der Waals surface area contributed by atoms with Crippen LogP contribution in [0.25, 0.3) is 0 Å². The summed E-state index contributed by atoms with van der Waals surface area (Å²) in [5.41, 5.74) is 0.0246. The monoisotopic (exact) mass is 346 g/mol. The van der Waals surface area contributed by atoms with Gasteiger partial charge in [0, 0.05) is 17.7 Å². The molecule has 2 rings (SSSR count). The maximum atomic E-state index is 11.8. The largest absolute Gasteiger partial charge is 0.464 e. The number of esters is 1. The van der Waals surface area contributed by atoms with Gasteiger partial charge in [-0.2, -0.15) is 0 Å². The molecule has 0 aliphatic rings. The lowest BCUT2D eigenvalue weighted by Gasteiger charge is -2.07. The van der Waals surface area contributed by atoms with E-state index in [0.29, 0.717) is 5.82 Å². The number of nitro benzene ring substituents is 1. The molecular weight excluding hydrogens is 332 g/mol. The number of aromatic nitrogens is 1. The van der Waals surface area contributed by atoms with Crippen molar-refractivity contribution in [2.24, 2.45) is 0 Å². The van der Waals surface area contributed by atoms with Gasteiger partial charge in [0.25, 0.3) is 11.4 Å². The molecule has 1 N–H and O–H groups in total. The Morgan fingerprint density at radius 3 is 2.52 bits per heavy atom. The van der Waals surface area contributed by atoms with E-state index in [1.54, 1.807) is 6.07 Å². The summed E-state index contributed by atoms with van der Waals surface area (Å²) in [4.78, 5) is 35.9. The van der Waals surface area contributed by atoms with Gasteiger partial charge in [-0.05, 0) is 6.07 Å². The average Bonchev–Trinajstić information content (AvgIpc) is 2.59. The van der Waals surface area contributed by atoms with E-state index in [1.165, 1.54) is 30.3 Å². The molecule has 0 bridgehead atoms. The molecule has 0 spiro atoms. The molecule has 25 heavy (non-hydrogen) atoms. The summed E-state index contributed by atoms with van der Waals surface area (Å²) in [5, 5.41) is 24.2. The minimum Gasteiger partial charge on any atom is -0.464 e. The molecule has 130 valence electrons. The molecule has 0 atom stereocenters. The summed E-state index contributed by atoms with van der Waals surface area (Å²) < 4.78 is 5.00. The fourth-order valence-electron chi connectivity index (χ4n) is 1.99. The van der Waals surface area contributed by atoms with Gasteiger partial charge >= 0.3 is 5.97 Å². The number of carbonyl (C=O) groups excluding carboxylic acids is 1. The van der Waals surface area contributed by atoms with Crippen molar-refractivity contribution in [3.05, 3.63) is 68.4 Å². The maximum absolute atomic E-state index is 11.8. The second-order valence-corrected chi connectivity index (χ2v) is 4.87. The molecule has 0 unspecified atom stereocenters. The second kappa shape index (κ2) is 8.34. The topological polar surface area (TPSA) is 138 Å². The highest BCUT2D eigenvalue weighted by molar-refractivity contribution is 5.74. The van der Waals surface area contributed by atoms with E-state index in [-0.39, 0.29) is 36.5 Å². The maximum Gasteiger partial charge on any atom is 0.310 e. The number of nitro groups is 2. The smallest absolute Gasteiger partial charge is 0.310 e. The summed E-state index contributed by atoms with van der Waals surface area (Å²) in [6.07, 6.45) is 0.913. The fraction of sp³-hybridized carbons (Fsp3) is 0.200. The number of pyridine rings is 1. The molecule has 0 amide bonds. The van der Waals surface area contributed by atoms with Gasteiger partial charge in [0.15, 0.2) is 0 Å². The van der Waals surface area contributed by atoms with Gasteiger partial charge in [-0.25, -0.2) is 4.98 Å². The first-order chi connectivity index (χ1) is 12.0. The Balaban J connectivity index is 1.77. The third-order valence-electron chi connectivity index (χ3n) is 3.15. The third kappa shape index (κ3) is 5.23. The van der Waals surface area contributed by atoms with Gasteiger partial charge in [-0.1, -0.05) is 18.2 Å². The first-order valence-electron chi connectivity index (χ1n) is 7.19. The van der Waals surface area contributed by atoms with Crippen LogP contribution in [0.4, 0.5) is 17.2 Å². The number of rotatable bonds is 8. The Morgan fingerprint density at radius 2 is 1.88 bits per heavy atom. The van der Waals surface area contributed by atoms with Crippen molar-refractivity contribution in [2.75, 3.05) is 18.5 Å². The predicted molar refractivity (Wildman–Crippen MR) is 87.1 cm³/mol. The molecule has 1 aromatic heterocycles. The van der Waals surface area contributed by atoms with Crippen molar-refractivity contribution >= 4 is 23.2 Å². The second-order valence-electron chi connectivity index (χ2n) is 4.87. The van der Waals surface area contributed by atoms with Crippen molar-refractivity contribution in [3.63, 3.8) is 0 Å². The predicted octanol–water partition coefficient (Wildman–Crippen LogP) is 2.10. The van der Waals surface area contributed by atoms with Gasteiger partial charge in [0.1, 0.15) is 18.6 Å². The van der Waals surface area contributed by atoms with E-state index in [2.05, 4.69) is 10.3 Å². The molecule has 2 aromatic rings. The Hall–Kier alpha value is -3.56. The molecule has 0 fully saturated rings. The van der Waals surface area contributed by atoms with E-state index in [9.17, 15) is 25.0 Å². The number of carbonyl (C=O) groups is 1. The molecule has 0 saturated carbocycles. The Labute approximate surface area is 141 Å². The Morgan fingerprint density at radius 1 is 1.12 bits per heavy atom. The molecule has 0 aliphatic carbocycles. The van der Waals surface area contributed by atoms with E-state index >= 15 is 0 Å². The van der Waals surface area contributed by atoms with Crippen LogP contribution in [0.5, 0.6) is 0 Å². The highest BCUT2D eigenvalue weighted by atomic mass is 16.6. The van der Waals surface area contributed by atoms with E-state index < -0.39 is 15.8 Å². The minimum atomic E-state index is -0.590. The normalized spacial score (nSPS) is 10.1. The van der Waals surface area contributed by atoms with Crippen LogP contribution >= 0.6 is 0 Å².